The molecule has 94 heavy (non-hydrogen) atoms. The Hall–Kier alpha value is -8.29. The largest absolute Gasteiger partial charge is 0.449 e. The van der Waals surface area contributed by atoms with Gasteiger partial charge in [-0.2, -0.15) is 0 Å². The molecule has 1 spiro atoms. The van der Waals surface area contributed by atoms with Gasteiger partial charge in [0, 0.05) is 62.9 Å². The van der Waals surface area contributed by atoms with E-state index in [9.17, 15) is 53.4 Å². The average Bonchev–Trinajstić information content (AvgIpc) is 1.61. The number of urea groups is 1. The van der Waals surface area contributed by atoms with Gasteiger partial charge < -0.3 is 76.8 Å². The Bertz CT molecular complexity index is 3170. The van der Waals surface area contributed by atoms with E-state index in [0.29, 0.717) is 50.0 Å². The van der Waals surface area contributed by atoms with E-state index in [1.54, 1.807) is 51.1 Å². The Morgan fingerprint density at radius 2 is 1.46 bits per heavy atom. The van der Waals surface area contributed by atoms with Crippen LogP contribution in [0.3, 0.4) is 0 Å². The second kappa shape index (κ2) is 35.3. The number of aliphatic hydroxyl groups excluding tert-OH is 2. The van der Waals surface area contributed by atoms with Crippen LogP contribution in [0.5, 0.6) is 0 Å². The highest BCUT2D eigenvalue weighted by atomic mass is 16.6. The maximum absolute atomic E-state index is 14.1. The number of hydrogen-bond donors (Lipinski definition) is 10. The van der Waals surface area contributed by atoms with E-state index < -0.39 is 95.7 Å². The number of ketones is 2. The van der Waals surface area contributed by atoms with Crippen LogP contribution in [-0.2, 0) is 59.1 Å². The number of Topliss-reactive ketones (excluding diaryl/α,β-unsaturated/α-hetero) is 2. The van der Waals surface area contributed by atoms with Gasteiger partial charge in [-0.1, -0.05) is 111 Å². The lowest BCUT2D eigenvalue weighted by molar-refractivity contribution is -0.143. The van der Waals surface area contributed by atoms with Gasteiger partial charge in [0.2, 0.25) is 23.6 Å². The van der Waals surface area contributed by atoms with Crippen LogP contribution < -0.4 is 43.0 Å². The monoisotopic (exact) mass is 1300 g/mol. The second-order valence-corrected chi connectivity index (χ2v) is 25.5. The zero-order valence-corrected chi connectivity index (χ0v) is 54.8. The molecule has 0 bridgehead atoms. The minimum Gasteiger partial charge on any atom is -0.449 e. The van der Waals surface area contributed by atoms with Crippen LogP contribution in [0.1, 0.15) is 135 Å². The lowest BCUT2D eigenvalue weighted by Gasteiger charge is -2.39. The molecule has 3 aliphatic heterocycles. The number of unbranched alkanes of at least 4 members (excludes halogenated alkanes) is 1. The number of carbonyl (C=O) groups excluding carboxylic acids is 9. The van der Waals surface area contributed by atoms with Gasteiger partial charge in [-0.25, -0.2) is 14.4 Å². The summed E-state index contributed by atoms with van der Waals surface area (Å²) in [7, 11) is 0. The molecule has 3 fully saturated rings. The summed E-state index contributed by atoms with van der Waals surface area (Å²) in [6.07, 6.45) is 6.51. The Morgan fingerprint density at radius 3 is 2.11 bits per heavy atom. The topological polar surface area (TPSA) is 354 Å². The molecule has 0 aromatic heterocycles. The van der Waals surface area contributed by atoms with E-state index >= 15 is 0 Å². The molecule has 3 heterocycles. The predicted molar refractivity (Wildman–Crippen MR) is 350 cm³/mol. The first-order chi connectivity index (χ1) is 44.9. The van der Waals surface area contributed by atoms with Crippen molar-refractivity contribution < 1.29 is 77.0 Å². The molecule has 24 heteroatoms. The SMILES string of the molecule is CC(=O)N[C@@H](CCCCNC(=O)OCC1c2ccccc2-c2ccccc21)C(=O)N[C@H](C(=O)C[C@@H](CCCNC(N)=O)C(=O)Nc1ccc(COC(=O)NCC(=O)C[C@@H]2C[C@@]3(CO3)[C@H](O)[C@@H](/C=C/C(C)=C/C[C@@H]3O[C@H](C)[C@H](NC(=O)/C=C\[C@H](C)O)C[C@@H]3C)O2)cc1)C(C)C. The molecule has 4 aliphatic rings. The molecule has 11 N–H and O–H groups in total. The van der Waals surface area contributed by atoms with Gasteiger partial charge in [0.05, 0.1) is 49.7 Å². The van der Waals surface area contributed by atoms with Crippen molar-refractivity contribution in [2.24, 2.45) is 23.5 Å². The molecule has 3 aromatic carbocycles. The molecule has 7 rings (SSSR count). The summed E-state index contributed by atoms with van der Waals surface area (Å²) >= 11 is 0. The number of fused-ring (bicyclic) bond motifs is 3. The minimum atomic E-state index is -1.03. The van der Waals surface area contributed by atoms with Gasteiger partial charge in [-0.15, -0.1) is 0 Å². The third-order valence-electron chi connectivity index (χ3n) is 17.4. The number of primary amides is 1. The van der Waals surface area contributed by atoms with Crippen LogP contribution in [-0.4, -0.2) is 157 Å². The fourth-order valence-electron chi connectivity index (χ4n) is 12.2. The summed E-state index contributed by atoms with van der Waals surface area (Å²) in [6.45, 7) is 12.6. The number of amides is 8. The lowest BCUT2D eigenvalue weighted by Crippen LogP contribution is -2.53. The number of epoxide rings is 1. The average molecular weight is 1300 g/mol. The summed E-state index contributed by atoms with van der Waals surface area (Å²) in [6, 6.07) is 19.6. The van der Waals surface area contributed by atoms with Gasteiger partial charge in [-0.3, -0.25) is 28.8 Å². The van der Waals surface area contributed by atoms with E-state index in [0.717, 1.165) is 34.2 Å². The number of allylic oxidation sites excluding steroid dienone is 2. The first-order valence-electron chi connectivity index (χ1n) is 32.6. The molecular weight excluding hydrogens is 1210 g/mol. The molecule has 1 aliphatic carbocycles. The molecule has 510 valence electrons. The van der Waals surface area contributed by atoms with Crippen molar-refractivity contribution in [2.75, 3.05) is 38.2 Å². The van der Waals surface area contributed by atoms with Crippen molar-refractivity contribution >= 4 is 59.1 Å². The molecule has 0 radical (unpaired) electrons. The number of nitrogens with two attached hydrogens (primary N) is 1. The third-order valence-corrected chi connectivity index (χ3v) is 17.4. The maximum atomic E-state index is 14.1. The molecule has 3 aromatic rings. The minimum absolute atomic E-state index is 0.0519. The fraction of sp³-hybridized carbons (Fsp3) is 0.529. The summed E-state index contributed by atoms with van der Waals surface area (Å²) in [5.74, 6) is -3.84. The highest BCUT2D eigenvalue weighted by Gasteiger charge is 2.58. The number of carbonyl (C=O) groups is 9. The molecule has 0 unspecified atom stereocenters. The number of ether oxygens (including phenoxy) is 5. The van der Waals surface area contributed by atoms with E-state index in [1.165, 1.54) is 19.1 Å². The number of hydrogen-bond acceptors (Lipinski definition) is 16. The summed E-state index contributed by atoms with van der Waals surface area (Å²) in [4.78, 5) is 117. The van der Waals surface area contributed by atoms with Gasteiger partial charge >= 0.3 is 18.2 Å². The van der Waals surface area contributed by atoms with E-state index in [-0.39, 0.29) is 100 Å². The Labute approximate surface area is 549 Å². The highest BCUT2D eigenvalue weighted by molar-refractivity contribution is 5.98. The van der Waals surface area contributed by atoms with Crippen molar-refractivity contribution in [1.29, 1.82) is 0 Å². The highest BCUT2D eigenvalue weighted by Crippen LogP contribution is 2.45. The smallest absolute Gasteiger partial charge is 0.407 e. The summed E-state index contributed by atoms with van der Waals surface area (Å²) in [5.41, 5.74) is 10.7. The fourth-order valence-corrected chi connectivity index (χ4v) is 12.2. The maximum Gasteiger partial charge on any atom is 0.407 e. The Morgan fingerprint density at radius 1 is 0.787 bits per heavy atom. The van der Waals surface area contributed by atoms with Crippen molar-refractivity contribution in [3.05, 3.63) is 125 Å². The molecule has 3 saturated heterocycles. The first-order valence-corrected chi connectivity index (χ1v) is 32.6. The quantitative estimate of drug-likeness (QED) is 0.0133. The van der Waals surface area contributed by atoms with Gasteiger partial charge in [0.25, 0.3) is 0 Å². The summed E-state index contributed by atoms with van der Waals surface area (Å²) in [5, 5.41) is 39.7. The Balaban J connectivity index is 0.827. The number of anilines is 1. The van der Waals surface area contributed by atoms with Crippen LogP contribution in [0.25, 0.3) is 11.1 Å². The van der Waals surface area contributed by atoms with Gasteiger partial charge in [0.15, 0.2) is 11.6 Å². The van der Waals surface area contributed by atoms with Crippen molar-refractivity contribution in [1.82, 2.24) is 31.9 Å². The van der Waals surface area contributed by atoms with Gasteiger partial charge in [-0.05, 0) is 118 Å². The van der Waals surface area contributed by atoms with E-state index in [2.05, 4.69) is 56.3 Å². The number of alkyl carbamates (subject to hydrolysis) is 2. The number of aliphatic hydroxyl groups is 2. The van der Waals surface area contributed by atoms with Crippen LogP contribution in [0.2, 0.25) is 0 Å². The standard InChI is InChI=1S/C70H94N8O16/c1-41(2)63(78-66(86)57(75-46(7)80)20-12-13-31-73-68(88)91-39-56-54-18-10-8-16-52(54)53-17-9-11-19-55(53)56)59(82)34-48(15-14-32-72-67(71)87)65(85)76-49-26-24-47(25-27-49)38-90-69(89)74-37-50(81)35-51-36-70(40-92-70)64(84)61(94-51)29-22-42(3)21-28-60-43(4)33-58(45(6)93-60)77-62(83)30-23-44(5)79/h8-11,16-19,21-27,29-30,41,43-45,48,51,56-58,60-61,63-64,79,84H,12-15,20,28,31-40H2,1-7H3,(H,73,88)(H,74,89)(H,75,80)(H,76,85)(H,77,83)(H,78,86)(H3,71,72,87)/b29-22+,30-23-,42-21+/t43-,44-,45+,48+,51+,57-,58+,60-,61+,63-,64+,70+/m0/s1. The van der Waals surface area contributed by atoms with Crippen molar-refractivity contribution in [3.63, 3.8) is 0 Å². The van der Waals surface area contributed by atoms with Gasteiger partial charge in [0.1, 0.15) is 37.1 Å². The number of nitrogens with one attached hydrogen (secondary N) is 7. The Kier molecular flexibility index (Phi) is 27.4. The zero-order chi connectivity index (χ0) is 68.1. The lowest BCUT2D eigenvalue weighted by atomic mass is 9.87. The zero-order valence-electron chi connectivity index (χ0n) is 54.8. The van der Waals surface area contributed by atoms with Crippen molar-refractivity contribution in [2.45, 2.75) is 186 Å². The van der Waals surface area contributed by atoms with Crippen molar-refractivity contribution in [3.8, 4) is 11.1 Å². The predicted octanol–water partition coefficient (Wildman–Crippen LogP) is 6.60. The third kappa shape index (κ3) is 22.2. The van der Waals surface area contributed by atoms with E-state index in [4.69, 9.17) is 29.4 Å². The van der Waals surface area contributed by atoms with E-state index in [1.807, 2.05) is 62.4 Å². The molecular formula is C70H94N8O16. The number of benzene rings is 3. The number of rotatable bonds is 33. The molecule has 24 nitrogen and oxygen atoms in total. The van der Waals surface area contributed by atoms with Crippen LogP contribution in [0, 0.1) is 17.8 Å². The van der Waals surface area contributed by atoms with Crippen LogP contribution >= 0.6 is 0 Å². The summed E-state index contributed by atoms with van der Waals surface area (Å²) < 4.78 is 29.2. The molecule has 12 atom stereocenters. The van der Waals surface area contributed by atoms with Crippen LogP contribution in [0.15, 0.2) is 109 Å². The second-order valence-electron chi connectivity index (χ2n) is 25.5. The molecule has 8 amide bonds. The molecule has 0 saturated carbocycles. The first kappa shape index (κ1) is 73.1. The van der Waals surface area contributed by atoms with Crippen LogP contribution in [0.4, 0.5) is 20.1 Å². The normalized spacial score (nSPS) is 22.8.